The summed E-state index contributed by atoms with van der Waals surface area (Å²) in [5, 5.41) is 0. The van der Waals surface area contributed by atoms with E-state index in [9.17, 15) is 22.0 Å². The molecule has 0 aromatic heterocycles. The highest BCUT2D eigenvalue weighted by atomic mass is 19.3. The largest absolute Gasteiger partial charge is 0.343 e. The number of rotatable bonds is 6. The summed E-state index contributed by atoms with van der Waals surface area (Å²) in [7, 11) is 0. The Labute approximate surface area is 99.6 Å². The summed E-state index contributed by atoms with van der Waals surface area (Å²) in [4.78, 5) is 0. The lowest BCUT2D eigenvalue weighted by atomic mass is 9.69. The molecule has 5 heteroatoms. The van der Waals surface area contributed by atoms with Crippen molar-refractivity contribution in [3.05, 3.63) is 0 Å². The Morgan fingerprint density at radius 3 is 1.12 bits per heavy atom. The quantitative estimate of drug-likeness (QED) is 0.574. The minimum atomic E-state index is -4.68. The first kappa shape index (κ1) is 16.6. The monoisotopic (exact) mass is 260 g/mol. The highest BCUT2D eigenvalue weighted by molar-refractivity contribution is 5.05. The Bertz CT molecular complexity index is 236. The average Bonchev–Trinajstić information content (AvgIpc) is 2.19. The summed E-state index contributed by atoms with van der Waals surface area (Å²) in [5.41, 5.74) is -5.11. The molecule has 0 amide bonds. The number of halogens is 5. The van der Waals surface area contributed by atoms with E-state index in [0.717, 1.165) is 0 Å². The molecule has 17 heavy (non-hydrogen) atoms. The molecule has 0 aromatic rings. The average molecular weight is 260 g/mol. The van der Waals surface area contributed by atoms with Crippen molar-refractivity contribution in [1.82, 2.24) is 0 Å². The lowest BCUT2D eigenvalue weighted by Crippen LogP contribution is -2.61. The second kappa shape index (κ2) is 4.73. The van der Waals surface area contributed by atoms with Gasteiger partial charge in [-0.1, -0.05) is 20.8 Å². The standard InChI is InChI=1S/C12H21F5/c1-6-10(7-2,8-3)12(16,17)11(14,15)9(4,5)13/h6-8H2,1-5H3. The molecule has 0 saturated heterocycles. The van der Waals surface area contributed by atoms with Crippen LogP contribution in [-0.4, -0.2) is 17.5 Å². The fourth-order valence-corrected chi connectivity index (χ4v) is 2.12. The molecule has 0 aromatic carbocycles. The molecular formula is C12H21F5. The van der Waals surface area contributed by atoms with Gasteiger partial charge in [-0.05, 0) is 33.1 Å². The molecule has 0 fully saturated rings. The van der Waals surface area contributed by atoms with Gasteiger partial charge in [0.05, 0.1) is 0 Å². The SMILES string of the molecule is CCC(CC)(CC)C(F)(F)C(F)(F)C(C)(C)F. The summed E-state index contributed by atoms with van der Waals surface area (Å²) in [5.74, 6) is -9.04. The predicted molar refractivity (Wildman–Crippen MR) is 58.4 cm³/mol. The van der Waals surface area contributed by atoms with Gasteiger partial charge < -0.3 is 0 Å². The molecule has 0 aliphatic carbocycles. The second-order valence-corrected chi connectivity index (χ2v) is 4.96. The van der Waals surface area contributed by atoms with Gasteiger partial charge >= 0.3 is 11.8 Å². The van der Waals surface area contributed by atoms with Gasteiger partial charge in [0.25, 0.3) is 0 Å². The highest BCUT2D eigenvalue weighted by Gasteiger charge is 2.72. The van der Waals surface area contributed by atoms with Crippen molar-refractivity contribution in [1.29, 1.82) is 0 Å². The maximum atomic E-state index is 14.0. The zero-order valence-corrected chi connectivity index (χ0v) is 11.0. The third kappa shape index (κ3) is 2.29. The van der Waals surface area contributed by atoms with Crippen LogP contribution in [0.1, 0.15) is 53.9 Å². The van der Waals surface area contributed by atoms with Crippen LogP contribution < -0.4 is 0 Å². The van der Waals surface area contributed by atoms with E-state index >= 15 is 0 Å². The Kier molecular flexibility index (Phi) is 4.63. The summed E-state index contributed by atoms with van der Waals surface area (Å²) in [6.07, 6.45) is -0.337. The Hall–Kier alpha value is -0.350. The maximum Gasteiger partial charge on any atom is 0.343 e. The molecule has 0 unspecified atom stereocenters. The first-order valence-corrected chi connectivity index (χ1v) is 5.88. The van der Waals surface area contributed by atoms with Crippen LogP contribution in [0.2, 0.25) is 0 Å². The van der Waals surface area contributed by atoms with Crippen LogP contribution in [0.25, 0.3) is 0 Å². The van der Waals surface area contributed by atoms with E-state index in [-0.39, 0.29) is 19.3 Å². The summed E-state index contributed by atoms with van der Waals surface area (Å²) < 4.78 is 68.7. The lowest BCUT2D eigenvalue weighted by Gasteiger charge is -2.45. The van der Waals surface area contributed by atoms with Crippen LogP contribution >= 0.6 is 0 Å². The van der Waals surface area contributed by atoms with Crippen LogP contribution in [0.4, 0.5) is 22.0 Å². The van der Waals surface area contributed by atoms with Crippen molar-refractivity contribution < 1.29 is 22.0 Å². The Morgan fingerprint density at radius 1 is 0.647 bits per heavy atom. The fraction of sp³-hybridized carbons (Fsp3) is 1.00. The van der Waals surface area contributed by atoms with E-state index in [1.165, 1.54) is 20.8 Å². The zero-order valence-electron chi connectivity index (χ0n) is 11.0. The van der Waals surface area contributed by atoms with E-state index in [0.29, 0.717) is 13.8 Å². The van der Waals surface area contributed by atoms with Crippen LogP contribution in [0.5, 0.6) is 0 Å². The fourth-order valence-electron chi connectivity index (χ4n) is 2.12. The van der Waals surface area contributed by atoms with Crippen LogP contribution in [0.3, 0.4) is 0 Å². The third-order valence-corrected chi connectivity index (χ3v) is 3.84. The van der Waals surface area contributed by atoms with E-state index in [2.05, 4.69) is 0 Å². The van der Waals surface area contributed by atoms with Gasteiger partial charge in [0.15, 0.2) is 5.67 Å². The molecule has 0 rings (SSSR count). The van der Waals surface area contributed by atoms with Gasteiger partial charge in [0, 0.05) is 5.41 Å². The molecule has 0 N–H and O–H groups in total. The molecule has 0 aliphatic heterocycles. The summed E-state index contributed by atoms with van der Waals surface area (Å²) in [6, 6.07) is 0. The van der Waals surface area contributed by atoms with Crippen molar-refractivity contribution in [3.8, 4) is 0 Å². The van der Waals surface area contributed by atoms with Crippen molar-refractivity contribution in [2.75, 3.05) is 0 Å². The second-order valence-electron chi connectivity index (χ2n) is 4.96. The third-order valence-electron chi connectivity index (χ3n) is 3.84. The first-order chi connectivity index (χ1) is 7.43. The maximum absolute atomic E-state index is 14.0. The minimum Gasteiger partial charge on any atom is -0.238 e. The predicted octanol–water partition coefficient (Wildman–Crippen LogP) is 5.22. The van der Waals surface area contributed by atoms with Crippen molar-refractivity contribution in [2.24, 2.45) is 5.41 Å². The van der Waals surface area contributed by atoms with Gasteiger partial charge in [-0.2, -0.15) is 17.6 Å². The number of hydrogen-bond donors (Lipinski definition) is 0. The molecule has 0 heterocycles. The minimum absolute atomic E-state index is 0.112. The van der Waals surface area contributed by atoms with Gasteiger partial charge in [0.1, 0.15) is 0 Å². The van der Waals surface area contributed by atoms with E-state index in [1.807, 2.05) is 0 Å². The number of hydrogen-bond acceptors (Lipinski definition) is 0. The van der Waals surface area contributed by atoms with Gasteiger partial charge in [-0.25, -0.2) is 4.39 Å². The first-order valence-electron chi connectivity index (χ1n) is 5.88. The van der Waals surface area contributed by atoms with Crippen molar-refractivity contribution >= 4 is 0 Å². The topological polar surface area (TPSA) is 0 Å². The van der Waals surface area contributed by atoms with E-state index in [1.54, 1.807) is 0 Å². The molecule has 0 radical (unpaired) electrons. The normalized spacial score (nSPS) is 15.2. The number of alkyl halides is 5. The van der Waals surface area contributed by atoms with Crippen molar-refractivity contribution in [2.45, 2.75) is 71.4 Å². The van der Waals surface area contributed by atoms with Crippen LogP contribution in [0.15, 0.2) is 0 Å². The zero-order chi connectivity index (χ0) is 14.1. The molecule has 104 valence electrons. The molecular weight excluding hydrogens is 239 g/mol. The van der Waals surface area contributed by atoms with E-state index < -0.39 is 22.9 Å². The Balaban J connectivity index is 5.67. The van der Waals surface area contributed by atoms with Crippen LogP contribution in [0, 0.1) is 5.41 Å². The molecule has 0 bridgehead atoms. The van der Waals surface area contributed by atoms with E-state index in [4.69, 9.17) is 0 Å². The summed E-state index contributed by atoms with van der Waals surface area (Å²) >= 11 is 0. The van der Waals surface area contributed by atoms with Crippen molar-refractivity contribution in [3.63, 3.8) is 0 Å². The van der Waals surface area contributed by atoms with Gasteiger partial charge in [-0.3, -0.25) is 0 Å². The molecule has 0 spiro atoms. The smallest absolute Gasteiger partial charge is 0.238 e. The summed E-state index contributed by atoms with van der Waals surface area (Å²) in [6.45, 7) is 5.28. The highest BCUT2D eigenvalue weighted by Crippen LogP contribution is 2.57. The van der Waals surface area contributed by atoms with Crippen LogP contribution in [-0.2, 0) is 0 Å². The molecule has 0 saturated carbocycles. The molecule has 0 atom stereocenters. The Morgan fingerprint density at radius 2 is 0.941 bits per heavy atom. The molecule has 0 nitrogen and oxygen atoms in total. The van der Waals surface area contributed by atoms with Gasteiger partial charge in [0.2, 0.25) is 0 Å². The lowest BCUT2D eigenvalue weighted by molar-refractivity contribution is -0.311. The van der Waals surface area contributed by atoms with Gasteiger partial charge in [-0.15, -0.1) is 0 Å². The molecule has 0 aliphatic rings.